The Morgan fingerprint density at radius 1 is 1.22 bits per heavy atom. The van der Waals surface area contributed by atoms with Gasteiger partial charge < -0.3 is 15.5 Å². The molecule has 1 aromatic rings. The molecule has 0 aromatic carbocycles. The van der Waals surface area contributed by atoms with Gasteiger partial charge in [0.05, 0.1) is 0 Å². The van der Waals surface area contributed by atoms with Crippen molar-refractivity contribution in [3.63, 3.8) is 0 Å². The zero-order valence-electron chi connectivity index (χ0n) is 15.9. The van der Waals surface area contributed by atoms with E-state index >= 15 is 0 Å². The number of hydrogen-bond acceptors (Lipinski definition) is 3. The van der Waals surface area contributed by atoms with Crippen molar-refractivity contribution in [2.75, 3.05) is 40.3 Å². The number of thiophene rings is 1. The van der Waals surface area contributed by atoms with Crippen LogP contribution in [0.2, 0.25) is 0 Å². The smallest absolute Gasteiger partial charge is 0.191 e. The fraction of sp³-hybridized carbons (Fsp3) is 0.722. The number of hydrogen-bond donors (Lipinski definition) is 2. The lowest BCUT2D eigenvalue weighted by atomic mass is 9.91. The third kappa shape index (κ3) is 7.36. The Balaban J connectivity index is 2.66. The van der Waals surface area contributed by atoms with Gasteiger partial charge in [0.2, 0.25) is 0 Å². The average molecular weight is 339 g/mol. The maximum Gasteiger partial charge on any atom is 0.191 e. The van der Waals surface area contributed by atoms with E-state index in [4.69, 9.17) is 4.99 Å². The highest BCUT2D eigenvalue weighted by molar-refractivity contribution is 7.10. The minimum Gasteiger partial charge on any atom is -0.357 e. The highest BCUT2D eigenvalue weighted by Crippen LogP contribution is 2.26. The van der Waals surface area contributed by atoms with Crippen LogP contribution < -0.4 is 10.6 Å². The lowest BCUT2D eigenvalue weighted by Gasteiger charge is -2.28. The van der Waals surface area contributed by atoms with Gasteiger partial charge >= 0.3 is 0 Å². The molecule has 1 rings (SSSR count). The van der Waals surface area contributed by atoms with Crippen LogP contribution in [0.15, 0.2) is 22.5 Å². The zero-order valence-corrected chi connectivity index (χ0v) is 16.7. The molecule has 0 amide bonds. The van der Waals surface area contributed by atoms with E-state index in [0.29, 0.717) is 0 Å². The summed E-state index contributed by atoms with van der Waals surface area (Å²) in [5.74, 6) is 0.906. The Morgan fingerprint density at radius 3 is 2.43 bits per heavy atom. The number of nitrogens with zero attached hydrogens (tertiary/aromatic N) is 2. The van der Waals surface area contributed by atoms with Crippen molar-refractivity contribution in [1.29, 1.82) is 0 Å². The second-order valence-electron chi connectivity index (χ2n) is 7.81. The van der Waals surface area contributed by atoms with Crippen LogP contribution in [0.5, 0.6) is 0 Å². The topological polar surface area (TPSA) is 39.7 Å². The van der Waals surface area contributed by atoms with Crippen LogP contribution in [0, 0.1) is 5.41 Å². The molecule has 5 heteroatoms. The fourth-order valence-electron chi connectivity index (χ4n) is 2.60. The van der Waals surface area contributed by atoms with E-state index in [-0.39, 0.29) is 10.8 Å². The third-order valence-electron chi connectivity index (χ3n) is 3.64. The summed E-state index contributed by atoms with van der Waals surface area (Å²) >= 11 is 1.81. The van der Waals surface area contributed by atoms with Gasteiger partial charge in [-0.25, -0.2) is 0 Å². The molecule has 1 aromatic heterocycles. The largest absolute Gasteiger partial charge is 0.357 e. The molecule has 0 bridgehead atoms. The maximum absolute atomic E-state index is 4.79. The third-order valence-corrected chi connectivity index (χ3v) is 4.88. The summed E-state index contributed by atoms with van der Waals surface area (Å²) in [5.41, 5.74) is 0.263. The highest BCUT2D eigenvalue weighted by atomic mass is 32.1. The summed E-state index contributed by atoms with van der Waals surface area (Å²) in [6.07, 6.45) is 0. The zero-order chi connectivity index (χ0) is 17.5. The predicted molar refractivity (Wildman–Crippen MR) is 104 cm³/mol. The molecule has 4 nitrogen and oxygen atoms in total. The van der Waals surface area contributed by atoms with Gasteiger partial charge in [-0.2, -0.15) is 0 Å². The van der Waals surface area contributed by atoms with Crippen LogP contribution in [-0.2, 0) is 5.41 Å². The van der Waals surface area contributed by atoms with Crippen LogP contribution in [0.4, 0.5) is 0 Å². The Bertz CT molecular complexity index is 475. The summed E-state index contributed by atoms with van der Waals surface area (Å²) in [6.45, 7) is 14.7. The van der Waals surface area contributed by atoms with E-state index in [0.717, 1.165) is 32.1 Å². The average Bonchev–Trinajstić information content (AvgIpc) is 2.95. The second kappa shape index (κ2) is 8.69. The molecule has 0 aliphatic rings. The summed E-state index contributed by atoms with van der Waals surface area (Å²) in [5, 5.41) is 9.00. The molecule has 0 atom stereocenters. The standard InChI is InChI=1S/C18H34N4S/c1-8-19-16(20-12-17(2,3)14-22(6)7)21-13-18(4,5)15-10-9-11-23-15/h9-11H,8,12-14H2,1-7H3,(H2,19,20,21). The molecule has 0 radical (unpaired) electrons. The van der Waals surface area contributed by atoms with Crippen molar-refractivity contribution in [3.05, 3.63) is 22.4 Å². The molecule has 132 valence electrons. The van der Waals surface area contributed by atoms with Gasteiger partial charge in [-0.05, 0) is 37.9 Å². The van der Waals surface area contributed by atoms with Crippen molar-refractivity contribution in [1.82, 2.24) is 15.5 Å². The maximum atomic E-state index is 4.79. The van der Waals surface area contributed by atoms with E-state index in [9.17, 15) is 0 Å². The predicted octanol–water partition coefficient (Wildman–Crippen LogP) is 3.17. The summed E-state index contributed by atoms with van der Waals surface area (Å²) in [6, 6.07) is 4.32. The summed E-state index contributed by atoms with van der Waals surface area (Å²) in [4.78, 5) is 8.41. The Hall–Kier alpha value is -1.07. The second-order valence-corrected chi connectivity index (χ2v) is 8.76. The van der Waals surface area contributed by atoms with Crippen molar-refractivity contribution in [2.24, 2.45) is 10.4 Å². The molecule has 0 aliphatic heterocycles. The fourth-order valence-corrected chi connectivity index (χ4v) is 3.45. The van der Waals surface area contributed by atoms with Gasteiger partial charge in [0.25, 0.3) is 0 Å². The molecule has 23 heavy (non-hydrogen) atoms. The lowest BCUT2D eigenvalue weighted by Crippen LogP contribution is -2.44. The van der Waals surface area contributed by atoms with Crippen molar-refractivity contribution in [2.45, 2.75) is 40.0 Å². The van der Waals surface area contributed by atoms with Gasteiger partial charge in [0.15, 0.2) is 5.96 Å². The molecular formula is C18H34N4S. The molecular weight excluding hydrogens is 304 g/mol. The van der Waals surface area contributed by atoms with Crippen molar-refractivity contribution < 1.29 is 0 Å². The molecule has 0 spiro atoms. The molecule has 0 saturated heterocycles. The summed E-state index contributed by atoms with van der Waals surface area (Å²) in [7, 11) is 4.22. The van der Waals surface area contributed by atoms with E-state index < -0.39 is 0 Å². The molecule has 2 N–H and O–H groups in total. The van der Waals surface area contributed by atoms with Crippen LogP contribution in [0.25, 0.3) is 0 Å². The number of aliphatic imine (C=N–C) groups is 1. The normalized spacial score (nSPS) is 13.5. The first-order chi connectivity index (χ1) is 10.7. The lowest BCUT2D eigenvalue weighted by molar-refractivity contribution is 0.248. The van der Waals surface area contributed by atoms with Crippen LogP contribution >= 0.6 is 11.3 Å². The van der Waals surface area contributed by atoms with Crippen molar-refractivity contribution in [3.8, 4) is 0 Å². The molecule has 1 heterocycles. The van der Waals surface area contributed by atoms with E-state index in [1.807, 2.05) is 11.3 Å². The van der Waals surface area contributed by atoms with Crippen LogP contribution in [-0.4, -0.2) is 51.1 Å². The van der Waals surface area contributed by atoms with Crippen LogP contribution in [0.1, 0.15) is 39.5 Å². The molecule has 0 fully saturated rings. The van der Waals surface area contributed by atoms with Gasteiger partial charge in [-0.3, -0.25) is 4.99 Å². The Kier molecular flexibility index (Phi) is 7.55. The Labute approximate surface area is 146 Å². The van der Waals surface area contributed by atoms with E-state index in [1.165, 1.54) is 4.88 Å². The molecule has 0 aliphatic carbocycles. The molecule has 0 saturated carbocycles. The Morgan fingerprint density at radius 2 is 1.91 bits per heavy atom. The van der Waals surface area contributed by atoms with Crippen molar-refractivity contribution >= 4 is 17.3 Å². The van der Waals surface area contributed by atoms with Gasteiger partial charge in [-0.1, -0.05) is 33.8 Å². The van der Waals surface area contributed by atoms with Gasteiger partial charge in [0, 0.05) is 36.5 Å². The minimum absolute atomic E-state index is 0.101. The highest BCUT2D eigenvalue weighted by Gasteiger charge is 2.22. The minimum atomic E-state index is 0.101. The summed E-state index contributed by atoms with van der Waals surface area (Å²) < 4.78 is 0. The van der Waals surface area contributed by atoms with Crippen LogP contribution in [0.3, 0.4) is 0 Å². The number of rotatable bonds is 8. The van der Waals surface area contributed by atoms with Gasteiger partial charge in [-0.15, -0.1) is 11.3 Å². The number of guanidine groups is 1. The number of nitrogens with one attached hydrogen (secondary N) is 2. The first-order valence-electron chi connectivity index (χ1n) is 8.37. The SMILES string of the molecule is CCNC(=NCC(C)(C)CN(C)C)NCC(C)(C)c1cccs1. The monoisotopic (exact) mass is 338 g/mol. The molecule has 0 unspecified atom stereocenters. The van der Waals surface area contributed by atoms with E-state index in [1.54, 1.807) is 0 Å². The first-order valence-corrected chi connectivity index (χ1v) is 9.25. The van der Waals surface area contributed by atoms with E-state index in [2.05, 4.69) is 81.8 Å². The van der Waals surface area contributed by atoms with Gasteiger partial charge in [0.1, 0.15) is 0 Å². The first kappa shape index (κ1) is 20.0. The quantitative estimate of drug-likeness (QED) is 0.565.